The van der Waals surface area contributed by atoms with Gasteiger partial charge >= 0.3 is 0 Å². The summed E-state index contributed by atoms with van der Waals surface area (Å²) in [4.78, 5) is 12.9. The van der Waals surface area contributed by atoms with Crippen LogP contribution in [0.25, 0.3) is 0 Å². The van der Waals surface area contributed by atoms with Gasteiger partial charge in [-0.2, -0.15) is 0 Å². The third-order valence-electron chi connectivity index (χ3n) is 6.43. The van der Waals surface area contributed by atoms with Gasteiger partial charge in [0.2, 0.25) is 0 Å². The van der Waals surface area contributed by atoms with E-state index < -0.39 is 11.2 Å². The van der Waals surface area contributed by atoms with E-state index in [4.69, 9.17) is 0 Å². The highest BCUT2D eigenvalue weighted by molar-refractivity contribution is 7.92. The predicted molar refractivity (Wildman–Crippen MR) is 124 cm³/mol. The second-order valence-corrected chi connectivity index (χ2v) is 11.7. The Labute approximate surface area is 178 Å². The van der Waals surface area contributed by atoms with Gasteiger partial charge in [0.15, 0.2) is 0 Å². The summed E-state index contributed by atoms with van der Waals surface area (Å²) in [7, 11) is 0. The molecule has 4 atom stereocenters. The molecule has 2 nitrogen and oxygen atoms in total. The van der Waals surface area contributed by atoms with Gasteiger partial charge in [-0.05, 0) is 37.5 Å². The van der Waals surface area contributed by atoms with E-state index in [1.165, 1.54) is 57.8 Å². The van der Waals surface area contributed by atoms with Crippen LogP contribution in [0, 0.1) is 17.3 Å². The number of carbonyl (C=O) groups excluding carboxylic acids is 1. The van der Waals surface area contributed by atoms with E-state index in [9.17, 15) is 9.35 Å². The molecule has 1 aliphatic rings. The zero-order chi connectivity index (χ0) is 21.0. The first kappa shape index (κ1) is 25.8. The number of hydrogen-bond acceptors (Lipinski definition) is 2. The fourth-order valence-corrected chi connectivity index (χ4v) is 5.94. The van der Waals surface area contributed by atoms with Gasteiger partial charge in [-0.15, -0.1) is 0 Å². The van der Waals surface area contributed by atoms with E-state index in [2.05, 4.69) is 39.8 Å². The van der Waals surface area contributed by atoms with Crippen molar-refractivity contribution in [1.29, 1.82) is 0 Å². The molecule has 4 unspecified atom stereocenters. The molecule has 0 N–H and O–H groups in total. The molecule has 0 aromatic rings. The maximum atomic E-state index is 12.9. The molecule has 0 heterocycles. The van der Waals surface area contributed by atoms with E-state index >= 15 is 0 Å². The molecule has 164 valence electrons. The van der Waals surface area contributed by atoms with Crippen LogP contribution in [0.3, 0.4) is 0 Å². The number of rotatable bonds is 15. The minimum atomic E-state index is -0.877. The molecule has 0 aromatic heterocycles. The Morgan fingerprint density at radius 3 is 2.14 bits per heavy atom. The van der Waals surface area contributed by atoms with Crippen molar-refractivity contribution in [2.45, 2.75) is 117 Å². The van der Waals surface area contributed by atoms with Crippen molar-refractivity contribution < 1.29 is 9.35 Å². The molecule has 0 radical (unpaired) electrons. The Morgan fingerprint density at radius 2 is 1.61 bits per heavy atom. The number of hydrogen-bond donors (Lipinski definition) is 0. The fourth-order valence-electron chi connectivity index (χ4n) is 4.70. The lowest BCUT2D eigenvalue weighted by Gasteiger charge is -2.39. The smallest absolute Gasteiger partial charge is 0.142 e. The van der Waals surface area contributed by atoms with Gasteiger partial charge in [-0.25, -0.2) is 0 Å². The Morgan fingerprint density at radius 1 is 1.07 bits per heavy atom. The Hall–Kier alpha value is -0.280. The fraction of sp³-hybridized carbons (Fsp3) is 0.880. The van der Waals surface area contributed by atoms with Crippen LogP contribution >= 0.6 is 0 Å². The SMILES string of the molecule is CCCCCCCCCCCC[S+]([O-])C(C)CC(=O)C1C(C)C=CCC1(C)C. The Balaban J connectivity index is 2.18. The average molecular weight is 411 g/mol. The highest BCUT2D eigenvalue weighted by atomic mass is 32.2. The molecular weight excluding hydrogens is 364 g/mol. The van der Waals surface area contributed by atoms with Gasteiger partial charge < -0.3 is 4.55 Å². The monoisotopic (exact) mass is 410 g/mol. The van der Waals surface area contributed by atoms with E-state index in [1.54, 1.807) is 0 Å². The second-order valence-electron chi connectivity index (χ2n) is 9.71. The summed E-state index contributed by atoms with van der Waals surface area (Å²) in [5.41, 5.74) is 0.0169. The molecule has 0 bridgehead atoms. The molecule has 1 rings (SSSR count). The van der Waals surface area contributed by atoms with Gasteiger partial charge in [-0.1, -0.05) is 102 Å². The number of ketones is 1. The zero-order valence-corrected chi connectivity index (χ0v) is 20.1. The zero-order valence-electron chi connectivity index (χ0n) is 19.3. The van der Waals surface area contributed by atoms with Crippen molar-refractivity contribution in [2.75, 3.05) is 5.75 Å². The first-order valence-electron chi connectivity index (χ1n) is 11.9. The number of Topliss-reactive ketones (excluding diaryl/α,β-unsaturated/α-hetero) is 1. The topological polar surface area (TPSA) is 40.1 Å². The Bertz CT molecular complexity index is 457. The summed E-state index contributed by atoms with van der Waals surface area (Å²) in [6.07, 6.45) is 18.8. The van der Waals surface area contributed by atoms with Gasteiger partial charge in [0.25, 0.3) is 0 Å². The quantitative estimate of drug-likeness (QED) is 0.162. The third kappa shape index (κ3) is 9.48. The molecule has 0 aliphatic heterocycles. The second kappa shape index (κ2) is 13.9. The van der Waals surface area contributed by atoms with Crippen molar-refractivity contribution in [3.05, 3.63) is 12.2 Å². The standard InChI is InChI=1S/C25H46O2S/c1-6-7-8-9-10-11-12-13-14-15-19-28(27)22(3)20-23(26)24-21(2)17-16-18-25(24,4)5/h16-17,21-22,24H,6-15,18-20H2,1-5H3. The first-order chi connectivity index (χ1) is 13.3. The lowest BCUT2D eigenvalue weighted by Crippen LogP contribution is -2.39. The molecule has 0 aromatic carbocycles. The molecule has 0 saturated heterocycles. The molecule has 0 saturated carbocycles. The summed E-state index contributed by atoms with van der Waals surface area (Å²) in [6, 6.07) is 0. The summed E-state index contributed by atoms with van der Waals surface area (Å²) in [6.45, 7) is 10.8. The van der Waals surface area contributed by atoms with Crippen LogP contribution < -0.4 is 0 Å². The molecule has 0 spiro atoms. The molecule has 3 heteroatoms. The van der Waals surface area contributed by atoms with Gasteiger partial charge in [0.1, 0.15) is 16.8 Å². The summed E-state index contributed by atoms with van der Waals surface area (Å²) in [5.74, 6) is 1.42. The number of carbonyl (C=O) groups is 1. The largest absolute Gasteiger partial charge is 0.616 e. The first-order valence-corrected chi connectivity index (χ1v) is 13.2. The normalized spacial score (nSPS) is 23.5. The van der Waals surface area contributed by atoms with Crippen LogP contribution in [0.4, 0.5) is 0 Å². The molecule has 0 fully saturated rings. The van der Waals surface area contributed by atoms with Gasteiger partial charge in [-0.3, -0.25) is 4.79 Å². The Kier molecular flexibility index (Phi) is 12.7. The van der Waals surface area contributed by atoms with Crippen LogP contribution in [0.1, 0.15) is 112 Å². The minimum absolute atomic E-state index is 0.0139. The minimum Gasteiger partial charge on any atom is -0.616 e. The highest BCUT2D eigenvalue weighted by Gasteiger charge is 2.40. The molecule has 1 aliphatic carbocycles. The van der Waals surface area contributed by atoms with Crippen LogP contribution in [0.15, 0.2) is 12.2 Å². The molecule has 28 heavy (non-hydrogen) atoms. The third-order valence-corrected chi connectivity index (χ3v) is 8.19. The molecular formula is C25H46O2S. The van der Waals surface area contributed by atoms with Crippen molar-refractivity contribution in [1.82, 2.24) is 0 Å². The van der Waals surface area contributed by atoms with Crippen LogP contribution in [-0.4, -0.2) is 21.3 Å². The van der Waals surface area contributed by atoms with Gasteiger partial charge in [0, 0.05) is 5.92 Å². The number of allylic oxidation sites excluding steroid dienone is 2. The highest BCUT2D eigenvalue weighted by Crippen LogP contribution is 2.41. The van der Waals surface area contributed by atoms with Crippen molar-refractivity contribution in [3.8, 4) is 0 Å². The van der Waals surface area contributed by atoms with E-state index in [1.807, 2.05) is 6.92 Å². The maximum Gasteiger partial charge on any atom is 0.142 e. The van der Waals surface area contributed by atoms with Crippen LogP contribution in [0.5, 0.6) is 0 Å². The summed E-state index contributed by atoms with van der Waals surface area (Å²) in [5, 5.41) is -0.0139. The van der Waals surface area contributed by atoms with Crippen molar-refractivity contribution in [3.63, 3.8) is 0 Å². The lowest BCUT2D eigenvalue weighted by molar-refractivity contribution is -0.128. The lowest BCUT2D eigenvalue weighted by atomic mass is 9.65. The average Bonchev–Trinajstić information content (AvgIpc) is 2.62. The molecule has 0 amide bonds. The van der Waals surface area contributed by atoms with Crippen molar-refractivity contribution in [2.24, 2.45) is 17.3 Å². The van der Waals surface area contributed by atoms with E-state index in [-0.39, 0.29) is 16.6 Å². The summed E-state index contributed by atoms with van der Waals surface area (Å²) < 4.78 is 12.6. The van der Waals surface area contributed by atoms with Gasteiger partial charge in [0.05, 0.1) is 6.42 Å². The van der Waals surface area contributed by atoms with E-state index in [0.29, 0.717) is 18.1 Å². The summed E-state index contributed by atoms with van der Waals surface area (Å²) >= 11 is -0.877. The van der Waals surface area contributed by atoms with Crippen LogP contribution in [0.2, 0.25) is 0 Å². The van der Waals surface area contributed by atoms with E-state index in [0.717, 1.165) is 18.6 Å². The predicted octanol–water partition coefficient (Wildman–Crippen LogP) is 7.24. The number of unbranched alkanes of at least 4 members (excludes halogenated alkanes) is 9. The van der Waals surface area contributed by atoms with Crippen molar-refractivity contribution >= 4 is 17.0 Å². The maximum absolute atomic E-state index is 12.9. The van der Waals surface area contributed by atoms with Crippen LogP contribution in [-0.2, 0) is 16.0 Å².